The number of hydrogen-bond donors (Lipinski definition) is 1. The highest BCUT2D eigenvalue weighted by Crippen LogP contribution is 2.39. The molecule has 1 aliphatic rings. The molecular formula is C12H15Cl2NO2. The average Bonchev–Trinajstić information content (AvgIpc) is 2.71. The zero-order valence-electron chi connectivity index (χ0n) is 9.32. The van der Waals surface area contributed by atoms with E-state index in [1.807, 2.05) is 12.1 Å². The number of fused-ring (bicyclic) bond motifs is 1. The highest BCUT2D eigenvalue weighted by molar-refractivity contribution is 6.31. The zero-order chi connectivity index (χ0) is 11.5. The molecule has 2 N–H and O–H groups in total. The first kappa shape index (κ1) is 14.2. The molecule has 3 nitrogen and oxygen atoms in total. The van der Waals surface area contributed by atoms with Gasteiger partial charge in [-0.25, -0.2) is 0 Å². The van der Waals surface area contributed by atoms with E-state index in [-0.39, 0.29) is 25.2 Å². The quantitative estimate of drug-likeness (QED) is 0.856. The van der Waals surface area contributed by atoms with E-state index >= 15 is 0 Å². The fourth-order valence-electron chi connectivity index (χ4n) is 1.67. The van der Waals surface area contributed by atoms with Gasteiger partial charge in [-0.05, 0) is 24.5 Å². The Morgan fingerprint density at radius 1 is 1.41 bits per heavy atom. The van der Waals surface area contributed by atoms with Crippen molar-refractivity contribution in [2.24, 2.45) is 5.73 Å². The lowest BCUT2D eigenvalue weighted by Gasteiger charge is -2.13. The number of nitrogens with two attached hydrogens (primary N) is 1. The van der Waals surface area contributed by atoms with Crippen LogP contribution in [0.15, 0.2) is 24.8 Å². The fraction of sp³-hybridized carbons (Fsp3) is 0.333. The second-order valence-electron chi connectivity index (χ2n) is 3.70. The van der Waals surface area contributed by atoms with Crippen LogP contribution in [-0.4, -0.2) is 6.79 Å². The molecule has 0 unspecified atom stereocenters. The molecule has 0 saturated carbocycles. The molecule has 0 amide bonds. The van der Waals surface area contributed by atoms with Crippen molar-refractivity contribution in [1.82, 2.24) is 0 Å². The summed E-state index contributed by atoms with van der Waals surface area (Å²) in [5.41, 5.74) is 6.94. The Balaban J connectivity index is 0.00000144. The number of rotatable bonds is 4. The minimum atomic E-state index is -0.0972. The number of benzene rings is 1. The summed E-state index contributed by atoms with van der Waals surface area (Å²) in [7, 11) is 0. The maximum atomic E-state index is 6.14. The smallest absolute Gasteiger partial charge is 0.231 e. The molecule has 2 rings (SSSR count). The van der Waals surface area contributed by atoms with E-state index < -0.39 is 0 Å². The average molecular weight is 276 g/mol. The van der Waals surface area contributed by atoms with Crippen molar-refractivity contribution < 1.29 is 9.47 Å². The monoisotopic (exact) mass is 275 g/mol. The summed E-state index contributed by atoms with van der Waals surface area (Å²) in [6.07, 6.45) is 3.54. The van der Waals surface area contributed by atoms with Gasteiger partial charge in [-0.15, -0.1) is 19.0 Å². The van der Waals surface area contributed by atoms with E-state index in [2.05, 4.69) is 6.58 Å². The van der Waals surface area contributed by atoms with Gasteiger partial charge in [0.05, 0.1) is 0 Å². The number of halogens is 2. The number of ether oxygens (including phenoxy) is 2. The predicted molar refractivity (Wildman–Crippen MR) is 71.2 cm³/mol. The van der Waals surface area contributed by atoms with Crippen LogP contribution < -0.4 is 15.2 Å². The van der Waals surface area contributed by atoms with Crippen molar-refractivity contribution in [3.63, 3.8) is 0 Å². The molecule has 0 fully saturated rings. The predicted octanol–water partition coefficient (Wildman–Crippen LogP) is 3.46. The summed E-state index contributed by atoms with van der Waals surface area (Å²) in [5.74, 6) is 1.40. The first-order valence-electron chi connectivity index (χ1n) is 5.18. The molecule has 1 atom stereocenters. The van der Waals surface area contributed by atoms with Crippen LogP contribution in [0.4, 0.5) is 0 Å². The standard InChI is InChI=1S/C12H14ClNO2.ClH/c1-2-3-4-10(14)8-5-11-12(6-9(8)13)16-7-15-11;/h2,5-6,10H,1,3-4,7,14H2;1H/t10-;/m0./s1. The lowest BCUT2D eigenvalue weighted by Crippen LogP contribution is -2.10. The molecule has 94 valence electrons. The second kappa shape index (κ2) is 6.15. The first-order chi connectivity index (χ1) is 7.72. The minimum Gasteiger partial charge on any atom is -0.454 e. The molecule has 1 aromatic rings. The normalized spacial score (nSPS) is 14.0. The molecular weight excluding hydrogens is 261 g/mol. The van der Waals surface area contributed by atoms with Gasteiger partial charge in [0.15, 0.2) is 11.5 Å². The van der Waals surface area contributed by atoms with Crippen LogP contribution in [-0.2, 0) is 0 Å². The third-order valence-electron chi connectivity index (χ3n) is 2.57. The van der Waals surface area contributed by atoms with E-state index in [4.69, 9.17) is 26.8 Å². The molecule has 0 aliphatic carbocycles. The van der Waals surface area contributed by atoms with Crippen molar-refractivity contribution in [2.45, 2.75) is 18.9 Å². The van der Waals surface area contributed by atoms with Crippen LogP contribution in [0.5, 0.6) is 11.5 Å². The van der Waals surface area contributed by atoms with Gasteiger partial charge >= 0.3 is 0 Å². The van der Waals surface area contributed by atoms with Crippen molar-refractivity contribution >= 4 is 24.0 Å². The van der Waals surface area contributed by atoms with Crippen LogP contribution in [0.3, 0.4) is 0 Å². The van der Waals surface area contributed by atoms with E-state index in [0.717, 1.165) is 18.4 Å². The molecule has 5 heteroatoms. The topological polar surface area (TPSA) is 44.5 Å². The maximum Gasteiger partial charge on any atom is 0.231 e. The summed E-state index contributed by atoms with van der Waals surface area (Å²) in [4.78, 5) is 0. The van der Waals surface area contributed by atoms with Crippen molar-refractivity contribution in [2.75, 3.05) is 6.79 Å². The van der Waals surface area contributed by atoms with Crippen LogP contribution in [0, 0.1) is 0 Å². The number of allylic oxidation sites excluding steroid dienone is 1. The van der Waals surface area contributed by atoms with Gasteiger partial charge in [0.25, 0.3) is 0 Å². The lowest BCUT2D eigenvalue weighted by atomic mass is 10.0. The molecule has 1 aliphatic heterocycles. The van der Waals surface area contributed by atoms with E-state index in [9.17, 15) is 0 Å². The zero-order valence-corrected chi connectivity index (χ0v) is 10.9. The molecule has 17 heavy (non-hydrogen) atoms. The highest BCUT2D eigenvalue weighted by Gasteiger charge is 2.19. The van der Waals surface area contributed by atoms with Gasteiger partial charge in [0.2, 0.25) is 6.79 Å². The summed E-state index contributed by atoms with van der Waals surface area (Å²) < 4.78 is 10.5. The van der Waals surface area contributed by atoms with Crippen molar-refractivity contribution in [3.8, 4) is 11.5 Å². The fourth-order valence-corrected chi connectivity index (χ4v) is 1.96. The molecule has 0 radical (unpaired) electrons. The van der Waals surface area contributed by atoms with E-state index in [1.54, 1.807) is 6.07 Å². The summed E-state index contributed by atoms with van der Waals surface area (Å²) >= 11 is 6.14. The van der Waals surface area contributed by atoms with Gasteiger partial charge in [-0.1, -0.05) is 17.7 Å². The third-order valence-corrected chi connectivity index (χ3v) is 2.90. The summed E-state index contributed by atoms with van der Waals surface area (Å²) in [6.45, 7) is 3.92. The molecule has 1 aromatic carbocycles. The third kappa shape index (κ3) is 3.06. The minimum absolute atomic E-state index is 0. The largest absolute Gasteiger partial charge is 0.454 e. The first-order valence-corrected chi connectivity index (χ1v) is 5.55. The summed E-state index contributed by atoms with van der Waals surface area (Å²) in [5, 5.41) is 0.626. The van der Waals surface area contributed by atoms with E-state index in [1.165, 1.54) is 0 Å². The van der Waals surface area contributed by atoms with Crippen molar-refractivity contribution in [3.05, 3.63) is 35.4 Å². The SMILES string of the molecule is C=CCC[C@H](N)c1cc2c(cc1Cl)OCO2.Cl. The van der Waals surface area contributed by atoms with Gasteiger partial charge in [0.1, 0.15) is 0 Å². The van der Waals surface area contributed by atoms with Gasteiger partial charge < -0.3 is 15.2 Å². The molecule has 0 bridgehead atoms. The number of hydrogen-bond acceptors (Lipinski definition) is 3. The van der Waals surface area contributed by atoms with Crippen LogP contribution in [0.2, 0.25) is 5.02 Å². The Morgan fingerprint density at radius 3 is 2.71 bits per heavy atom. The molecule has 0 spiro atoms. The lowest BCUT2D eigenvalue weighted by molar-refractivity contribution is 0.174. The van der Waals surface area contributed by atoms with Crippen LogP contribution >= 0.6 is 24.0 Å². The maximum absolute atomic E-state index is 6.14. The Bertz CT molecular complexity index is 410. The van der Waals surface area contributed by atoms with Crippen LogP contribution in [0.25, 0.3) is 0 Å². The van der Waals surface area contributed by atoms with Crippen LogP contribution in [0.1, 0.15) is 24.4 Å². The van der Waals surface area contributed by atoms with Gasteiger partial charge in [-0.2, -0.15) is 0 Å². The van der Waals surface area contributed by atoms with Gasteiger partial charge in [-0.3, -0.25) is 0 Å². The van der Waals surface area contributed by atoms with Gasteiger partial charge in [0, 0.05) is 17.1 Å². The molecule has 1 heterocycles. The highest BCUT2D eigenvalue weighted by atomic mass is 35.5. The Morgan fingerprint density at radius 2 is 2.06 bits per heavy atom. The Kier molecular flexibility index (Phi) is 5.12. The van der Waals surface area contributed by atoms with E-state index in [0.29, 0.717) is 16.5 Å². The molecule has 0 aromatic heterocycles. The second-order valence-corrected chi connectivity index (χ2v) is 4.11. The molecule has 0 saturated heterocycles. The Labute approximate surface area is 112 Å². The van der Waals surface area contributed by atoms with Crippen molar-refractivity contribution in [1.29, 1.82) is 0 Å². The Hall–Kier alpha value is -0.900. The summed E-state index contributed by atoms with van der Waals surface area (Å²) in [6, 6.07) is 3.52.